The van der Waals surface area contributed by atoms with E-state index in [1.807, 2.05) is 0 Å². The molecule has 2 aromatic rings. The summed E-state index contributed by atoms with van der Waals surface area (Å²) in [5.74, 6) is 0.0458. The third-order valence-electron chi connectivity index (χ3n) is 3.07. The van der Waals surface area contributed by atoms with Gasteiger partial charge >= 0.3 is 0 Å². The number of hydrogen-bond acceptors (Lipinski definition) is 4. The van der Waals surface area contributed by atoms with Gasteiger partial charge in [0.25, 0.3) is 5.91 Å². The molecule has 0 aliphatic carbocycles. The molecule has 0 heterocycles. The molecule has 1 N–H and O–H groups in total. The molecule has 0 aliphatic rings. The molecule has 7 heteroatoms. The zero-order chi connectivity index (χ0) is 17.0. The number of benzene rings is 2. The quantitative estimate of drug-likeness (QED) is 0.896. The number of hydrogen-bond donors (Lipinski definition) is 1. The van der Waals surface area contributed by atoms with Crippen molar-refractivity contribution in [1.29, 1.82) is 0 Å². The molecule has 0 saturated carbocycles. The van der Waals surface area contributed by atoms with Crippen LogP contribution in [0.1, 0.15) is 6.92 Å². The van der Waals surface area contributed by atoms with Crippen LogP contribution in [0.3, 0.4) is 0 Å². The molecule has 0 radical (unpaired) electrons. The monoisotopic (exact) mass is 353 g/mol. The Morgan fingerprint density at radius 3 is 2.30 bits per heavy atom. The number of halogens is 1. The van der Waals surface area contributed by atoms with Crippen molar-refractivity contribution in [1.82, 2.24) is 0 Å². The minimum absolute atomic E-state index is 0.193. The molecule has 0 spiro atoms. The van der Waals surface area contributed by atoms with Gasteiger partial charge in [-0.3, -0.25) is 4.79 Å². The highest BCUT2D eigenvalue weighted by atomic mass is 35.5. The molecular formula is C16H16ClNO4S. The molecule has 0 bridgehead atoms. The minimum Gasteiger partial charge on any atom is -0.481 e. The summed E-state index contributed by atoms with van der Waals surface area (Å²) in [6.45, 7) is 1.59. The summed E-state index contributed by atoms with van der Waals surface area (Å²) in [5.41, 5.74) is 0.502. The van der Waals surface area contributed by atoms with E-state index in [1.165, 1.54) is 24.3 Å². The van der Waals surface area contributed by atoms with Crippen molar-refractivity contribution in [2.45, 2.75) is 17.9 Å². The standard InChI is InChI=1S/C16H16ClNO4S/c1-11(16(19)18-15-6-4-3-5-14(15)17)22-12-7-9-13(10-8-12)23(2,20)21/h3-11H,1-2H3,(H,18,19). The van der Waals surface area contributed by atoms with Crippen LogP contribution in [0.2, 0.25) is 5.02 Å². The molecule has 1 atom stereocenters. The zero-order valence-corrected chi connectivity index (χ0v) is 14.2. The van der Waals surface area contributed by atoms with E-state index in [1.54, 1.807) is 31.2 Å². The number of nitrogens with one attached hydrogen (secondary N) is 1. The highest BCUT2D eigenvalue weighted by Crippen LogP contribution is 2.21. The number of amides is 1. The van der Waals surface area contributed by atoms with Crippen molar-refractivity contribution in [2.24, 2.45) is 0 Å². The first-order valence-corrected chi connectivity index (χ1v) is 9.06. The van der Waals surface area contributed by atoms with Crippen molar-refractivity contribution in [3.05, 3.63) is 53.6 Å². The van der Waals surface area contributed by atoms with Gasteiger partial charge in [0.15, 0.2) is 15.9 Å². The van der Waals surface area contributed by atoms with Crippen LogP contribution in [0.5, 0.6) is 5.75 Å². The van der Waals surface area contributed by atoms with Gasteiger partial charge in [0.05, 0.1) is 15.6 Å². The maximum atomic E-state index is 12.1. The van der Waals surface area contributed by atoms with E-state index in [0.717, 1.165) is 6.26 Å². The van der Waals surface area contributed by atoms with Gasteiger partial charge in [-0.25, -0.2) is 8.42 Å². The summed E-state index contributed by atoms with van der Waals surface area (Å²) >= 11 is 5.98. The van der Waals surface area contributed by atoms with Crippen molar-refractivity contribution >= 4 is 33.0 Å². The Morgan fingerprint density at radius 2 is 1.74 bits per heavy atom. The van der Waals surface area contributed by atoms with E-state index < -0.39 is 15.9 Å². The minimum atomic E-state index is -3.26. The van der Waals surface area contributed by atoms with E-state index in [0.29, 0.717) is 16.5 Å². The fourth-order valence-electron chi connectivity index (χ4n) is 1.82. The molecule has 5 nitrogen and oxygen atoms in total. The van der Waals surface area contributed by atoms with E-state index >= 15 is 0 Å². The fourth-order valence-corrected chi connectivity index (χ4v) is 2.63. The van der Waals surface area contributed by atoms with Gasteiger partial charge in [0.2, 0.25) is 0 Å². The number of para-hydroxylation sites is 1. The van der Waals surface area contributed by atoms with Crippen molar-refractivity contribution in [2.75, 3.05) is 11.6 Å². The Kier molecular flexibility index (Phi) is 5.28. The topological polar surface area (TPSA) is 72.5 Å². The normalized spacial score (nSPS) is 12.5. The van der Waals surface area contributed by atoms with Gasteiger partial charge in [-0.15, -0.1) is 0 Å². The first kappa shape index (κ1) is 17.3. The summed E-state index contributed by atoms with van der Waals surface area (Å²) in [4.78, 5) is 12.3. The van der Waals surface area contributed by atoms with E-state index in [-0.39, 0.29) is 10.8 Å². The Hall–Kier alpha value is -2.05. The highest BCUT2D eigenvalue weighted by Gasteiger charge is 2.16. The summed E-state index contributed by atoms with van der Waals surface area (Å²) in [6, 6.07) is 12.8. The second-order valence-electron chi connectivity index (χ2n) is 4.97. The van der Waals surface area contributed by atoms with E-state index in [4.69, 9.17) is 16.3 Å². The summed E-state index contributed by atoms with van der Waals surface area (Å²) < 4.78 is 28.3. The van der Waals surface area contributed by atoms with Crippen LogP contribution in [0.25, 0.3) is 0 Å². The second-order valence-corrected chi connectivity index (χ2v) is 7.40. The SMILES string of the molecule is CC(Oc1ccc(S(C)(=O)=O)cc1)C(=O)Nc1ccccc1Cl. The number of sulfone groups is 1. The maximum absolute atomic E-state index is 12.1. The number of anilines is 1. The third kappa shape index (κ3) is 4.71. The molecule has 23 heavy (non-hydrogen) atoms. The van der Waals surface area contributed by atoms with Crippen molar-refractivity contribution in [3.63, 3.8) is 0 Å². The van der Waals surface area contributed by atoms with E-state index in [9.17, 15) is 13.2 Å². The number of rotatable bonds is 5. The Labute approximate surface area is 140 Å². The second kappa shape index (κ2) is 7.02. The summed E-state index contributed by atoms with van der Waals surface area (Å²) in [7, 11) is -3.26. The predicted octanol–water partition coefficient (Wildman–Crippen LogP) is 3.15. The van der Waals surface area contributed by atoms with Crippen LogP contribution in [0.4, 0.5) is 5.69 Å². The molecule has 1 amide bonds. The molecular weight excluding hydrogens is 338 g/mol. The molecule has 1 unspecified atom stereocenters. The van der Waals surface area contributed by atoms with Gasteiger partial charge in [0, 0.05) is 6.26 Å². The third-order valence-corrected chi connectivity index (χ3v) is 4.52. The Balaban J connectivity index is 2.02. The highest BCUT2D eigenvalue weighted by molar-refractivity contribution is 7.90. The molecule has 122 valence electrons. The van der Waals surface area contributed by atoms with Gasteiger partial charge in [0.1, 0.15) is 5.75 Å². The molecule has 0 fully saturated rings. The first-order valence-electron chi connectivity index (χ1n) is 6.79. The number of ether oxygens (including phenoxy) is 1. The van der Waals surface area contributed by atoms with Gasteiger partial charge < -0.3 is 10.1 Å². The van der Waals surface area contributed by atoms with Gasteiger partial charge in [-0.1, -0.05) is 23.7 Å². The molecule has 2 rings (SSSR count). The molecule has 0 saturated heterocycles. The summed E-state index contributed by atoms with van der Waals surface area (Å²) in [5, 5.41) is 3.11. The smallest absolute Gasteiger partial charge is 0.265 e. The first-order chi connectivity index (χ1) is 10.8. The lowest BCUT2D eigenvalue weighted by molar-refractivity contribution is -0.122. The van der Waals surface area contributed by atoms with Crippen LogP contribution in [0.15, 0.2) is 53.4 Å². The van der Waals surface area contributed by atoms with Crippen LogP contribution in [-0.2, 0) is 14.6 Å². The lowest BCUT2D eigenvalue weighted by atomic mass is 10.3. The number of carbonyl (C=O) groups excluding carboxylic acids is 1. The van der Waals surface area contributed by atoms with Gasteiger partial charge in [-0.2, -0.15) is 0 Å². The summed E-state index contributed by atoms with van der Waals surface area (Å²) in [6.07, 6.45) is 0.359. The average Bonchev–Trinajstić information content (AvgIpc) is 2.49. The van der Waals surface area contributed by atoms with Gasteiger partial charge in [-0.05, 0) is 43.3 Å². The zero-order valence-electron chi connectivity index (χ0n) is 12.6. The van der Waals surface area contributed by atoms with Crippen LogP contribution in [-0.4, -0.2) is 26.7 Å². The van der Waals surface area contributed by atoms with E-state index in [2.05, 4.69) is 5.32 Å². The molecule has 0 aromatic heterocycles. The Morgan fingerprint density at radius 1 is 1.13 bits per heavy atom. The maximum Gasteiger partial charge on any atom is 0.265 e. The molecule has 0 aliphatic heterocycles. The fraction of sp³-hybridized carbons (Fsp3) is 0.188. The lowest BCUT2D eigenvalue weighted by Crippen LogP contribution is -2.30. The Bertz CT molecular complexity index is 803. The molecule has 2 aromatic carbocycles. The average molecular weight is 354 g/mol. The van der Waals surface area contributed by atoms with Crippen LogP contribution < -0.4 is 10.1 Å². The lowest BCUT2D eigenvalue weighted by Gasteiger charge is -2.15. The van der Waals surface area contributed by atoms with Crippen molar-refractivity contribution < 1.29 is 17.9 Å². The van der Waals surface area contributed by atoms with Crippen LogP contribution in [0, 0.1) is 0 Å². The van der Waals surface area contributed by atoms with Crippen LogP contribution >= 0.6 is 11.6 Å². The predicted molar refractivity (Wildman–Crippen MR) is 89.7 cm³/mol. The van der Waals surface area contributed by atoms with Crippen molar-refractivity contribution in [3.8, 4) is 5.75 Å². The largest absolute Gasteiger partial charge is 0.481 e. The number of carbonyl (C=O) groups is 1.